The van der Waals surface area contributed by atoms with E-state index < -0.39 is 24.0 Å². The third-order valence-corrected chi connectivity index (χ3v) is 2.04. The molecule has 1 amide bonds. The minimum Gasteiger partial charge on any atom is -0.480 e. The normalized spacial score (nSPS) is 14.9. The molecule has 0 aromatic rings. The second-order valence-corrected chi connectivity index (χ2v) is 3.58. The first-order chi connectivity index (χ1) is 6.40. The molecule has 0 bridgehead atoms. The maximum atomic E-state index is 11.4. The second-order valence-electron chi connectivity index (χ2n) is 3.58. The van der Waals surface area contributed by atoms with Crippen LogP contribution in [0, 0.1) is 5.92 Å². The van der Waals surface area contributed by atoms with E-state index >= 15 is 0 Å². The summed E-state index contributed by atoms with van der Waals surface area (Å²) in [6.07, 6.45) is 0.353. The Labute approximate surface area is 83.7 Å². The van der Waals surface area contributed by atoms with E-state index in [1.807, 2.05) is 13.8 Å². The standard InChI is InChI=1S/C9H18N2O3/c1-4-6(9(13)14)11-8(12)7(10)5(2)3/h5-7H,4,10H2,1-3H3,(H,11,12)(H,13,14)/t6-,7+/m1/s1. The van der Waals surface area contributed by atoms with Gasteiger partial charge in [-0.1, -0.05) is 20.8 Å². The molecule has 0 radical (unpaired) electrons. The predicted octanol–water partition coefficient (Wildman–Crippen LogP) is -0.0509. The van der Waals surface area contributed by atoms with Crippen molar-refractivity contribution in [2.75, 3.05) is 0 Å². The lowest BCUT2D eigenvalue weighted by molar-refractivity contribution is -0.142. The zero-order chi connectivity index (χ0) is 11.3. The van der Waals surface area contributed by atoms with Crippen molar-refractivity contribution in [3.05, 3.63) is 0 Å². The van der Waals surface area contributed by atoms with Gasteiger partial charge in [-0.15, -0.1) is 0 Å². The molecule has 4 N–H and O–H groups in total. The van der Waals surface area contributed by atoms with Crippen LogP contribution in [-0.4, -0.2) is 29.1 Å². The van der Waals surface area contributed by atoms with Gasteiger partial charge >= 0.3 is 5.97 Å². The van der Waals surface area contributed by atoms with Crippen LogP contribution in [-0.2, 0) is 9.59 Å². The number of carboxylic acid groups (broad SMARTS) is 1. The van der Waals surface area contributed by atoms with Gasteiger partial charge in [0.15, 0.2) is 0 Å². The Hall–Kier alpha value is -1.10. The molecular weight excluding hydrogens is 184 g/mol. The van der Waals surface area contributed by atoms with Crippen LogP contribution in [0.1, 0.15) is 27.2 Å². The third-order valence-electron chi connectivity index (χ3n) is 2.04. The van der Waals surface area contributed by atoms with E-state index in [9.17, 15) is 9.59 Å². The highest BCUT2D eigenvalue weighted by Gasteiger charge is 2.23. The third kappa shape index (κ3) is 3.74. The highest BCUT2D eigenvalue weighted by Crippen LogP contribution is 1.99. The SMILES string of the molecule is CC[C@@H](NC(=O)[C@@H](N)C(C)C)C(=O)O. The first-order valence-corrected chi connectivity index (χ1v) is 4.68. The summed E-state index contributed by atoms with van der Waals surface area (Å²) in [5.74, 6) is -1.44. The van der Waals surface area contributed by atoms with Gasteiger partial charge in [-0.3, -0.25) is 4.79 Å². The van der Waals surface area contributed by atoms with Gasteiger partial charge in [0.2, 0.25) is 5.91 Å². The largest absolute Gasteiger partial charge is 0.480 e. The summed E-state index contributed by atoms with van der Waals surface area (Å²) in [4.78, 5) is 22.0. The molecule has 0 aliphatic heterocycles. The summed E-state index contributed by atoms with van der Waals surface area (Å²) in [6.45, 7) is 5.32. The Balaban J connectivity index is 4.22. The van der Waals surface area contributed by atoms with E-state index in [1.165, 1.54) is 0 Å². The maximum Gasteiger partial charge on any atom is 0.326 e. The second kappa shape index (κ2) is 5.59. The molecule has 2 atom stereocenters. The quantitative estimate of drug-likeness (QED) is 0.582. The predicted molar refractivity (Wildman–Crippen MR) is 52.7 cm³/mol. The fraction of sp³-hybridized carbons (Fsp3) is 0.778. The molecular formula is C9H18N2O3. The van der Waals surface area contributed by atoms with Crippen molar-refractivity contribution >= 4 is 11.9 Å². The highest BCUT2D eigenvalue weighted by atomic mass is 16.4. The lowest BCUT2D eigenvalue weighted by atomic mass is 10.0. The molecule has 0 aliphatic carbocycles. The molecule has 0 saturated carbocycles. The van der Waals surface area contributed by atoms with Crippen molar-refractivity contribution in [2.45, 2.75) is 39.3 Å². The molecule has 5 heteroatoms. The monoisotopic (exact) mass is 202 g/mol. The average Bonchev–Trinajstić information content (AvgIpc) is 2.11. The minimum atomic E-state index is -1.03. The molecule has 0 heterocycles. The van der Waals surface area contributed by atoms with Gasteiger partial charge in [0.05, 0.1) is 6.04 Å². The van der Waals surface area contributed by atoms with E-state index in [0.717, 1.165) is 0 Å². The van der Waals surface area contributed by atoms with Crippen molar-refractivity contribution in [1.29, 1.82) is 0 Å². The molecule has 0 aromatic heterocycles. The van der Waals surface area contributed by atoms with Crippen LogP contribution in [0.25, 0.3) is 0 Å². The zero-order valence-electron chi connectivity index (χ0n) is 8.78. The Morgan fingerprint density at radius 3 is 2.21 bits per heavy atom. The Bertz CT molecular complexity index is 216. The van der Waals surface area contributed by atoms with Gasteiger partial charge in [-0.2, -0.15) is 0 Å². The topological polar surface area (TPSA) is 92.4 Å². The molecule has 14 heavy (non-hydrogen) atoms. The molecule has 82 valence electrons. The van der Waals surface area contributed by atoms with E-state index in [4.69, 9.17) is 10.8 Å². The number of rotatable bonds is 5. The van der Waals surface area contributed by atoms with Crippen molar-refractivity contribution in [3.63, 3.8) is 0 Å². The van der Waals surface area contributed by atoms with Crippen molar-refractivity contribution in [1.82, 2.24) is 5.32 Å². The number of nitrogens with one attached hydrogen (secondary N) is 1. The summed E-state index contributed by atoms with van der Waals surface area (Å²) in [7, 11) is 0. The highest BCUT2D eigenvalue weighted by molar-refractivity contribution is 5.86. The number of aliphatic carboxylic acids is 1. The Morgan fingerprint density at radius 2 is 1.93 bits per heavy atom. The first kappa shape index (κ1) is 12.9. The number of nitrogens with two attached hydrogens (primary N) is 1. The van der Waals surface area contributed by atoms with Crippen LogP contribution >= 0.6 is 0 Å². The smallest absolute Gasteiger partial charge is 0.326 e. The number of hydrogen-bond acceptors (Lipinski definition) is 3. The molecule has 0 spiro atoms. The fourth-order valence-electron chi connectivity index (χ4n) is 0.909. The first-order valence-electron chi connectivity index (χ1n) is 4.68. The molecule has 0 rings (SSSR count). The van der Waals surface area contributed by atoms with E-state index in [2.05, 4.69) is 5.32 Å². The van der Waals surface area contributed by atoms with Gasteiger partial charge in [0.1, 0.15) is 6.04 Å². The van der Waals surface area contributed by atoms with E-state index in [0.29, 0.717) is 6.42 Å². The van der Waals surface area contributed by atoms with Crippen LogP contribution in [0.3, 0.4) is 0 Å². The summed E-state index contributed by atoms with van der Waals surface area (Å²) >= 11 is 0. The Morgan fingerprint density at radius 1 is 1.43 bits per heavy atom. The van der Waals surface area contributed by atoms with Gasteiger partial charge in [-0.05, 0) is 12.3 Å². The maximum absolute atomic E-state index is 11.4. The van der Waals surface area contributed by atoms with E-state index in [-0.39, 0.29) is 5.92 Å². The lowest BCUT2D eigenvalue weighted by Gasteiger charge is -2.18. The van der Waals surface area contributed by atoms with Gasteiger partial charge < -0.3 is 16.2 Å². The summed E-state index contributed by atoms with van der Waals surface area (Å²) in [6, 6.07) is -1.49. The summed E-state index contributed by atoms with van der Waals surface area (Å²) in [5, 5.41) is 11.1. The van der Waals surface area contributed by atoms with Gasteiger partial charge in [0.25, 0.3) is 0 Å². The molecule has 5 nitrogen and oxygen atoms in total. The van der Waals surface area contributed by atoms with E-state index in [1.54, 1.807) is 6.92 Å². The number of carboxylic acids is 1. The number of hydrogen-bond donors (Lipinski definition) is 3. The van der Waals surface area contributed by atoms with Crippen molar-refractivity contribution in [3.8, 4) is 0 Å². The fourth-order valence-corrected chi connectivity index (χ4v) is 0.909. The molecule has 0 saturated heterocycles. The van der Waals surface area contributed by atoms with Crippen molar-refractivity contribution < 1.29 is 14.7 Å². The molecule has 0 aromatic carbocycles. The molecule has 0 unspecified atom stereocenters. The van der Waals surface area contributed by atoms with Crippen LogP contribution in [0.5, 0.6) is 0 Å². The Kier molecular flexibility index (Phi) is 5.15. The zero-order valence-corrected chi connectivity index (χ0v) is 8.78. The number of carbonyl (C=O) groups excluding carboxylic acids is 1. The summed E-state index contributed by atoms with van der Waals surface area (Å²) < 4.78 is 0. The van der Waals surface area contributed by atoms with Crippen molar-refractivity contribution in [2.24, 2.45) is 11.7 Å². The van der Waals surface area contributed by atoms with Gasteiger partial charge in [0, 0.05) is 0 Å². The molecule has 0 aliphatic rings. The van der Waals surface area contributed by atoms with Crippen LogP contribution in [0.4, 0.5) is 0 Å². The average molecular weight is 202 g/mol. The van der Waals surface area contributed by atoms with Crippen LogP contribution in [0.15, 0.2) is 0 Å². The van der Waals surface area contributed by atoms with Crippen LogP contribution < -0.4 is 11.1 Å². The number of carbonyl (C=O) groups is 2. The summed E-state index contributed by atoms with van der Waals surface area (Å²) in [5.41, 5.74) is 5.56. The number of amides is 1. The van der Waals surface area contributed by atoms with Gasteiger partial charge in [-0.25, -0.2) is 4.79 Å². The minimum absolute atomic E-state index is 0.00120. The molecule has 0 fully saturated rings. The van der Waals surface area contributed by atoms with Crippen LogP contribution in [0.2, 0.25) is 0 Å². The lowest BCUT2D eigenvalue weighted by Crippen LogP contribution is -2.50.